The molecule has 3 unspecified atom stereocenters. The Labute approximate surface area is 160 Å². The summed E-state index contributed by atoms with van der Waals surface area (Å²) < 4.78 is 25.4. The first-order valence-corrected chi connectivity index (χ1v) is 11.3. The lowest BCUT2D eigenvalue weighted by Crippen LogP contribution is -2.30. The van der Waals surface area contributed by atoms with Crippen LogP contribution in [0, 0.1) is 0 Å². The summed E-state index contributed by atoms with van der Waals surface area (Å²) in [7, 11) is -3.13. The first-order valence-electron chi connectivity index (χ1n) is 9.40. The maximum absolute atomic E-state index is 11.6. The van der Waals surface area contributed by atoms with Gasteiger partial charge in [-0.05, 0) is 61.9 Å². The maximum atomic E-state index is 11.6. The van der Waals surface area contributed by atoms with Crippen molar-refractivity contribution in [1.29, 1.82) is 0 Å². The summed E-state index contributed by atoms with van der Waals surface area (Å²) in [6.45, 7) is 2.16. The van der Waals surface area contributed by atoms with Crippen LogP contribution in [0.15, 0.2) is 59.8 Å². The van der Waals surface area contributed by atoms with Gasteiger partial charge in [0.1, 0.15) is 5.82 Å². The van der Waals surface area contributed by atoms with Crippen molar-refractivity contribution in [3.05, 3.63) is 66.2 Å². The van der Waals surface area contributed by atoms with Gasteiger partial charge in [0.2, 0.25) is 0 Å². The Hall–Kier alpha value is -2.18. The summed E-state index contributed by atoms with van der Waals surface area (Å²) in [4.78, 5) is 4.98. The number of fused-ring (bicyclic) bond motifs is 1. The number of nitrogens with zero attached hydrogens (tertiary/aromatic N) is 2. The molecule has 2 heterocycles. The molecular weight excluding hydrogens is 358 g/mol. The van der Waals surface area contributed by atoms with Crippen molar-refractivity contribution in [2.75, 3.05) is 6.26 Å². The molecule has 5 nitrogen and oxygen atoms in total. The van der Waals surface area contributed by atoms with Crippen LogP contribution >= 0.6 is 0 Å². The van der Waals surface area contributed by atoms with Crippen LogP contribution in [0.25, 0.3) is 5.52 Å². The quantitative estimate of drug-likeness (QED) is 0.729. The molecule has 3 atom stereocenters. The van der Waals surface area contributed by atoms with Crippen LogP contribution in [0.3, 0.4) is 0 Å². The van der Waals surface area contributed by atoms with Gasteiger partial charge >= 0.3 is 0 Å². The Kier molecular flexibility index (Phi) is 4.78. The monoisotopic (exact) mass is 383 g/mol. The molecule has 27 heavy (non-hydrogen) atoms. The number of hydrogen-bond donors (Lipinski definition) is 1. The van der Waals surface area contributed by atoms with E-state index in [9.17, 15) is 8.42 Å². The molecule has 1 aliphatic rings. The molecule has 2 aromatic heterocycles. The van der Waals surface area contributed by atoms with Gasteiger partial charge in [0.15, 0.2) is 9.84 Å². The van der Waals surface area contributed by atoms with Crippen LogP contribution in [0.2, 0.25) is 0 Å². The molecule has 1 saturated carbocycles. The molecule has 0 saturated heterocycles. The van der Waals surface area contributed by atoms with Crippen LogP contribution in [-0.2, 0) is 9.84 Å². The molecule has 1 aromatic carbocycles. The Morgan fingerprint density at radius 2 is 1.93 bits per heavy atom. The van der Waals surface area contributed by atoms with Crippen molar-refractivity contribution in [2.24, 2.45) is 0 Å². The molecule has 6 heteroatoms. The van der Waals surface area contributed by atoms with E-state index in [4.69, 9.17) is 0 Å². The number of nitrogens with one attached hydrogen (secondary N) is 1. The van der Waals surface area contributed by atoms with E-state index >= 15 is 0 Å². The number of rotatable bonds is 5. The number of sulfone groups is 1. The van der Waals surface area contributed by atoms with E-state index < -0.39 is 9.84 Å². The normalized spacial score (nSPS) is 21.6. The predicted molar refractivity (Wildman–Crippen MR) is 107 cm³/mol. The van der Waals surface area contributed by atoms with Gasteiger partial charge in [0.25, 0.3) is 0 Å². The first-order chi connectivity index (χ1) is 12.9. The van der Waals surface area contributed by atoms with E-state index in [1.807, 2.05) is 30.5 Å². The molecule has 1 N–H and O–H groups in total. The van der Waals surface area contributed by atoms with Gasteiger partial charge in [-0.25, -0.2) is 13.4 Å². The van der Waals surface area contributed by atoms with Crippen LogP contribution in [0.1, 0.15) is 49.5 Å². The fraction of sp³-hybridized carbons (Fsp3) is 0.381. The zero-order chi connectivity index (χ0) is 19.0. The van der Waals surface area contributed by atoms with Crippen molar-refractivity contribution in [3.8, 4) is 0 Å². The average molecular weight is 384 g/mol. The first kappa shape index (κ1) is 18.2. The second-order valence-corrected chi connectivity index (χ2v) is 9.56. The molecular formula is C21H25N3O2S. The third-order valence-corrected chi connectivity index (χ3v) is 6.68. The molecule has 0 radical (unpaired) electrons. The van der Waals surface area contributed by atoms with E-state index in [-0.39, 0.29) is 6.04 Å². The summed E-state index contributed by atoms with van der Waals surface area (Å²) in [6.07, 6.45) is 8.51. The lowest BCUT2D eigenvalue weighted by atomic mass is 9.97. The van der Waals surface area contributed by atoms with Crippen LogP contribution in [0.4, 0.5) is 0 Å². The molecule has 0 amide bonds. The largest absolute Gasteiger partial charge is 0.305 e. The molecule has 4 rings (SSSR count). The maximum Gasteiger partial charge on any atom is 0.175 e. The molecule has 142 valence electrons. The van der Waals surface area contributed by atoms with Crippen LogP contribution < -0.4 is 5.32 Å². The number of benzene rings is 1. The molecule has 3 aromatic rings. The summed E-state index contributed by atoms with van der Waals surface area (Å²) >= 11 is 0. The van der Waals surface area contributed by atoms with Gasteiger partial charge < -0.3 is 9.72 Å². The molecule has 1 aliphatic carbocycles. The standard InChI is InChI=1S/C21H25N3O2S/c1-15(21-22-14-19-5-3-4-12-24(19)21)23-18-9-6-17(13-18)16-7-10-20(11-8-16)27(2,25)26/h3-5,7-8,10-12,14-15,17-18,23H,6,9,13H2,1-2H3. The SMILES string of the molecule is CC(NC1CCC(c2ccc(S(C)(=O)=O)cc2)C1)c1ncc2ccccn12. The summed E-state index contributed by atoms with van der Waals surface area (Å²) in [5.74, 6) is 1.51. The van der Waals surface area contributed by atoms with E-state index in [2.05, 4.69) is 33.9 Å². The van der Waals surface area contributed by atoms with Gasteiger partial charge in [0, 0.05) is 18.5 Å². The Morgan fingerprint density at radius 3 is 2.67 bits per heavy atom. The van der Waals surface area contributed by atoms with Gasteiger partial charge in [-0.3, -0.25) is 0 Å². The molecule has 0 aliphatic heterocycles. The summed E-state index contributed by atoms with van der Waals surface area (Å²) in [6, 6.07) is 14.1. The molecule has 0 bridgehead atoms. The highest BCUT2D eigenvalue weighted by Crippen LogP contribution is 2.35. The van der Waals surface area contributed by atoms with Crippen molar-refractivity contribution in [1.82, 2.24) is 14.7 Å². The van der Waals surface area contributed by atoms with Gasteiger partial charge in [-0.15, -0.1) is 0 Å². The van der Waals surface area contributed by atoms with E-state index in [1.165, 1.54) is 11.8 Å². The fourth-order valence-corrected chi connectivity index (χ4v) is 4.77. The van der Waals surface area contributed by atoms with E-state index in [1.54, 1.807) is 12.1 Å². The lowest BCUT2D eigenvalue weighted by molar-refractivity contribution is 0.442. The van der Waals surface area contributed by atoms with Crippen molar-refractivity contribution in [3.63, 3.8) is 0 Å². The second-order valence-electron chi connectivity index (χ2n) is 7.55. The van der Waals surface area contributed by atoms with Crippen LogP contribution in [-0.4, -0.2) is 30.1 Å². The molecule has 1 fully saturated rings. The third-order valence-electron chi connectivity index (χ3n) is 5.55. The molecule has 0 spiro atoms. The smallest absolute Gasteiger partial charge is 0.175 e. The Balaban J connectivity index is 1.42. The van der Waals surface area contributed by atoms with Gasteiger partial charge in [-0.2, -0.15) is 0 Å². The zero-order valence-corrected chi connectivity index (χ0v) is 16.5. The number of imidazole rings is 1. The third kappa shape index (κ3) is 3.77. The Morgan fingerprint density at radius 1 is 1.15 bits per heavy atom. The van der Waals surface area contributed by atoms with Crippen LogP contribution in [0.5, 0.6) is 0 Å². The number of pyridine rings is 1. The Bertz CT molecular complexity index is 1040. The highest BCUT2D eigenvalue weighted by atomic mass is 32.2. The number of aromatic nitrogens is 2. The minimum atomic E-state index is -3.13. The summed E-state index contributed by atoms with van der Waals surface area (Å²) in [5, 5.41) is 3.73. The van der Waals surface area contributed by atoms with E-state index in [0.29, 0.717) is 16.9 Å². The zero-order valence-electron chi connectivity index (χ0n) is 15.7. The highest BCUT2D eigenvalue weighted by molar-refractivity contribution is 7.90. The lowest BCUT2D eigenvalue weighted by Gasteiger charge is -2.19. The van der Waals surface area contributed by atoms with Gasteiger partial charge in [-0.1, -0.05) is 18.2 Å². The summed E-state index contributed by atoms with van der Waals surface area (Å²) in [5.41, 5.74) is 2.34. The second kappa shape index (κ2) is 7.09. The topological polar surface area (TPSA) is 63.5 Å². The highest BCUT2D eigenvalue weighted by Gasteiger charge is 2.28. The van der Waals surface area contributed by atoms with Gasteiger partial charge in [0.05, 0.1) is 22.7 Å². The van der Waals surface area contributed by atoms with Crippen molar-refractivity contribution in [2.45, 2.75) is 49.1 Å². The minimum absolute atomic E-state index is 0.172. The van der Waals surface area contributed by atoms with Crippen molar-refractivity contribution >= 4 is 15.4 Å². The number of hydrogen-bond acceptors (Lipinski definition) is 4. The van der Waals surface area contributed by atoms with Crippen molar-refractivity contribution < 1.29 is 8.42 Å². The average Bonchev–Trinajstić information content (AvgIpc) is 3.28. The van der Waals surface area contributed by atoms with E-state index in [0.717, 1.165) is 30.6 Å². The fourth-order valence-electron chi connectivity index (χ4n) is 4.14. The minimum Gasteiger partial charge on any atom is -0.305 e. The predicted octanol–water partition coefficient (Wildman–Crippen LogP) is 3.72.